The van der Waals surface area contributed by atoms with Gasteiger partial charge in [-0.15, -0.1) is 0 Å². The highest BCUT2D eigenvalue weighted by molar-refractivity contribution is 6.06. The Morgan fingerprint density at radius 3 is 2.50 bits per heavy atom. The van der Waals surface area contributed by atoms with E-state index in [0.717, 1.165) is 11.1 Å². The second-order valence-corrected chi connectivity index (χ2v) is 5.21. The summed E-state index contributed by atoms with van der Waals surface area (Å²) in [5, 5.41) is 5.58. The van der Waals surface area contributed by atoms with Gasteiger partial charge in [0.15, 0.2) is 0 Å². The zero-order valence-electron chi connectivity index (χ0n) is 13.1. The molecule has 22 heavy (non-hydrogen) atoms. The molecule has 2 amide bonds. The highest BCUT2D eigenvalue weighted by Gasteiger charge is 2.11. The normalized spacial score (nSPS) is 10.1. The summed E-state index contributed by atoms with van der Waals surface area (Å²) >= 11 is 0. The average molecular weight is 296 g/mol. The fourth-order valence-electron chi connectivity index (χ4n) is 2.18. The van der Waals surface area contributed by atoms with E-state index in [-0.39, 0.29) is 11.8 Å². The van der Waals surface area contributed by atoms with Crippen LogP contribution in [0.15, 0.2) is 42.5 Å². The minimum absolute atomic E-state index is 0.148. The molecule has 2 aromatic rings. The Kier molecular flexibility index (Phi) is 4.94. The number of rotatable bonds is 4. The predicted octanol–water partition coefficient (Wildman–Crippen LogP) is 3.31. The highest BCUT2D eigenvalue weighted by atomic mass is 16.2. The largest absolute Gasteiger partial charge is 0.352 e. The lowest BCUT2D eigenvalue weighted by molar-refractivity contribution is 0.0954. The van der Waals surface area contributed by atoms with Gasteiger partial charge in [0.2, 0.25) is 0 Å². The topological polar surface area (TPSA) is 58.2 Å². The van der Waals surface area contributed by atoms with Crippen LogP contribution in [-0.4, -0.2) is 18.4 Å². The Morgan fingerprint density at radius 2 is 1.77 bits per heavy atom. The maximum absolute atomic E-state index is 12.4. The number of benzene rings is 2. The van der Waals surface area contributed by atoms with Crippen LogP contribution in [-0.2, 0) is 0 Å². The van der Waals surface area contributed by atoms with Crippen molar-refractivity contribution in [3.8, 4) is 0 Å². The highest BCUT2D eigenvalue weighted by Crippen LogP contribution is 2.15. The quantitative estimate of drug-likeness (QED) is 0.909. The van der Waals surface area contributed by atoms with E-state index in [1.165, 1.54) is 0 Å². The molecule has 0 saturated carbocycles. The molecular formula is C18H20N2O2. The van der Waals surface area contributed by atoms with Crippen molar-refractivity contribution in [2.24, 2.45) is 0 Å². The van der Waals surface area contributed by atoms with Gasteiger partial charge in [-0.2, -0.15) is 0 Å². The van der Waals surface area contributed by atoms with Crippen molar-refractivity contribution >= 4 is 17.5 Å². The molecule has 114 valence electrons. The van der Waals surface area contributed by atoms with Crippen molar-refractivity contribution in [1.82, 2.24) is 5.32 Å². The van der Waals surface area contributed by atoms with Crippen molar-refractivity contribution < 1.29 is 9.59 Å². The van der Waals surface area contributed by atoms with Gasteiger partial charge in [0.25, 0.3) is 11.8 Å². The van der Waals surface area contributed by atoms with Crippen molar-refractivity contribution in [3.63, 3.8) is 0 Å². The lowest BCUT2D eigenvalue weighted by Gasteiger charge is -2.10. The van der Waals surface area contributed by atoms with Gasteiger partial charge in [-0.05, 0) is 50.6 Å². The molecule has 0 radical (unpaired) electrons. The van der Waals surface area contributed by atoms with Gasteiger partial charge in [0, 0.05) is 23.4 Å². The first-order valence-corrected chi connectivity index (χ1v) is 7.28. The van der Waals surface area contributed by atoms with Crippen molar-refractivity contribution in [1.29, 1.82) is 0 Å². The van der Waals surface area contributed by atoms with E-state index in [9.17, 15) is 9.59 Å². The number of carbonyl (C=O) groups is 2. The summed E-state index contributed by atoms with van der Waals surface area (Å²) in [5.74, 6) is -0.320. The van der Waals surface area contributed by atoms with Crippen LogP contribution in [0.4, 0.5) is 5.69 Å². The molecule has 0 spiro atoms. The van der Waals surface area contributed by atoms with E-state index in [2.05, 4.69) is 10.6 Å². The third kappa shape index (κ3) is 3.73. The zero-order chi connectivity index (χ0) is 16.1. The Labute approximate surface area is 130 Å². The fourth-order valence-corrected chi connectivity index (χ4v) is 2.18. The minimum atomic E-state index is -0.172. The molecule has 2 rings (SSSR count). The number of aryl methyl sites for hydroxylation is 2. The molecule has 0 bridgehead atoms. The predicted molar refractivity (Wildman–Crippen MR) is 88.3 cm³/mol. The lowest BCUT2D eigenvalue weighted by atomic mass is 10.0. The summed E-state index contributed by atoms with van der Waals surface area (Å²) in [6.07, 6.45) is 0. The van der Waals surface area contributed by atoms with Gasteiger partial charge in [0.05, 0.1) is 0 Å². The molecule has 2 aromatic carbocycles. The number of amides is 2. The summed E-state index contributed by atoms with van der Waals surface area (Å²) in [6, 6.07) is 12.7. The summed E-state index contributed by atoms with van der Waals surface area (Å²) in [4.78, 5) is 24.2. The third-order valence-electron chi connectivity index (χ3n) is 3.36. The second-order valence-electron chi connectivity index (χ2n) is 5.21. The van der Waals surface area contributed by atoms with E-state index >= 15 is 0 Å². The van der Waals surface area contributed by atoms with Crippen LogP contribution in [0.25, 0.3) is 0 Å². The maximum Gasteiger partial charge on any atom is 0.255 e. The summed E-state index contributed by atoms with van der Waals surface area (Å²) in [5.41, 5.74) is 3.73. The van der Waals surface area contributed by atoms with E-state index in [1.54, 1.807) is 24.3 Å². The van der Waals surface area contributed by atoms with Crippen LogP contribution >= 0.6 is 0 Å². The van der Waals surface area contributed by atoms with Gasteiger partial charge >= 0.3 is 0 Å². The summed E-state index contributed by atoms with van der Waals surface area (Å²) in [6.45, 7) is 6.29. The van der Waals surface area contributed by atoms with Crippen LogP contribution in [0.5, 0.6) is 0 Å². The first-order valence-electron chi connectivity index (χ1n) is 7.28. The standard InChI is InChI=1S/C18H20N2O2/c1-4-19-17(21)14-6-5-7-15(11-14)20-18(22)16-10-12(2)8-9-13(16)3/h5-11H,4H2,1-3H3,(H,19,21)(H,20,22). The Bertz CT molecular complexity index is 708. The van der Waals surface area contributed by atoms with E-state index in [0.29, 0.717) is 23.4 Å². The summed E-state index contributed by atoms with van der Waals surface area (Å²) < 4.78 is 0. The van der Waals surface area contributed by atoms with Crippen LogP contribution in [0, 0.1) is 13.8 Å². The van der Waals surface area contributed by atoms with Gasteiger partial charge in [-0.25, -0.2) is 0 Å². The third-order valence-corrected chi connectivity index (χ3v) is 3.36. The molecule has 0 unspecified atom stereocenters. The minimum Gasteiger partial charge on any atom is -0.352 e. The summed E-state index contributed by atoms with van der Waals surface area (Å²) in [7, 11) is 0. The number of nitrogens with one attached hydrogen (secondary N) is 2. The van der Waals surface area contributed by atoms with Crippen LogP contribution in [0.3, 0.4) is 0 Å². The van der Waals surface area contributed by atoms with E-state index in [4.69, 9.17) is 0 Å². The molecule has 0 aliphatic carbocycles. The molecule has 2 N–H and O–H groups in total. The molecule has 0 aliphatic rings. The van der Waals surface area contributed by atoms with Crippen LogP contribution < -0.4 is 10.6 Å². The molecule has 0 saturated heterocycles. The number of carbonyl (C=O) groups excluding carboxylic acids is 2. The van der Waals surface area contributed by atoms with Gasteiger partial charge in [-0.3, -0.25) is 9.59 Å². The Hall–Kier alpha value is -2.62. The lowest BCUT2D eigenvalue weighted by Crippen LogP contribution is -2.22. The van der Waals surface area contributed by atoms with Crippen LogP contribution in [0.1, 0.15) is 38.8 Å². The van der Waals surface area contributed by atoms with E-state index in [1.807, 2.05) is 39.0 Å². The Morgan fingerprint density at radius 1 is 1.00 bits per heavy atom. The van der Waals surface area contributed by atoms with Crippen molar-refractivity contribution in [2.75, 3.05) is 11.9 Å². The SMILES string of the molecule is CCNC(=O)c1cccc(NC(=O)c2cc(C)ccc2C)c1. The molecule has 0 fully saturated rings. The second kappa shape index (κ2) is 6.89. The first kappa shape index (κ1) is 15.8. The van der Waals surface area contributed by atoms with Crippen molar-refractivity contribution in [2.45, 2.75) is 20.8 Å². The molecular weight excluding hydrogens is 276 g/mol. The molecule has 4 nitrogen and oxygen atoms in total. The molecule has 0 aliphatic heterocycles. The van der Waals surface area contributed by atoms with Crippen molar-refractivity contribution in [3.05, 3.63) is 64.7 Å². The number of anilines is 1. The van der Waals surface area contributed by atoms with Gasteiger partial charge < -0.3 is 10.6 Å². The number of hydrogen-bond acceptors (Lipinski definition) is 2. The fraction of sp³-hybridized carbons (Fsp3) is 0.222. The molecule has 0 aromatic heterocycles. The van der Waals surface area contributed by atoms with E-state index < -0.39 is 0 Å². The van der Waals surface area contributed by atoms with Gasteiger partial charge in [-0.1, -0.05) is 23.8 Å². The van der Waals surface area contributed by atoms with Crippen LogP contribution in [0.2, 0.25) is 0 Å². The number of hydrogen-bond donors (Lipinski definition) is 2. The molecule has 0 atom stereocenters. The monoisotopic (exact) mass is 296 g/mol. The zero-order valence-corrected chi connectivity index (χ0v) is 13.1. The smallest absolute Gasteiger partial charge is 0.255 e. The average Bonchev–Trinajstić information content (AvgIpc) is 2.50. The first-order chi connectivity index (χ1) is 10.5. The molecule has 0 heterocycles. The maximum atomic E-state index is 12.4. The van der Waals surface area contributed by atoms with Gasteiger partial charge in [0.1, 0.15) is 0 Å². The Balaban J connectivity index is 2.20. The molecule has 4 heteroatoms.